The number of furan rings is 1. The van der Waals surface area contributed by atoms with Crippen molar-refractivity contribution in [1.29, 1.82) is 0 Å². The molecule has 3 aromatic carbocycles. The van der Waals surface area contributed by atoms with E-state index < -0.39 is 5.91 Å². The van der Waals surface area contributed by atoms with Crippen LogP contribution in [0.25, 0.3) is 11.0 Å². The van der Waals surface area contributed by atoms with Gasteiger partial charge in [-0.1, -0.05) is 24.3 Å². The van der Waals surface area contributed by atoms with E-state index in [1.807, 2.05) is 6.07 Å². The molecule has 0 atom stereocenters. The fourth-order valence-corrected chi connectivity index (χ4v) is 3.17. The number of ether oxygens (including phenoxy) is 2. The minimum atomic E-state index is -0.495. The Bertz CT molecular complexity index is 1260. The van der Waals surface area contributed by atoms with E-state index in [1.54, 1.807) is 73.8 Å². The van der Waals surface area contributed by atoms with E-state index in [9.17, 15) is 9.59 Å². The van der Waals surface area contributed by atoms with Crippen LogP contribution in [0.4, 0.5) is 11.4 Å². The molecule has 2 amide bonds. The summed E-state index contributed by atoms with van der Waals surface area (Å²) in [5.74, 6) is 0.279. The molecule has 0 fully saturated rings. The van der Waals surface area contributed by atoms with Crippen LogP contribution in [0.2, 0.25) is 0 Å². The summed E-state index contributed by atoms with van der Waals surface area (Å²) in [6.45, 7) is 0. The highest BCUT2D eigenvalue weighted by molar-refractivity contribution is 6.16. The van der Waals surface area contributed by atoms with Gasteiger partial charge in [0.25, 0.3) is 11.8 Å². The largest absolute Gasteiger partial charge is 0.497 e. The summed E-state index contributed by atoms with van der Waals surface area (Å²) >= 11 is 0. The maximum absolute atomic E-state index is 13.0. The zero-order chi connectivity index (χ0) is 21.8. The van der Waals surface area contributed by atoms with E-state index >= 15 is 0 Å². The van der Waals surface area contributed by atoms with Crippen LogP contribution in [-0.2, 0) is 0 Å². The number of fused-ring (bicyclic) bond motifs is 1. The molecule has 1 aromatic heterocycles. The molecule has 0 radical (unpaired) electrons. The van der Waals surface area contributed by atoms with Crippen LogP contribution in [0.15, 0.2) is 77.2 Å². The smallest absolute Gasteiger partial charge is 0.293 e. The van der Waals surface area contributed by atoms with Crippen molar-refractivity contribution in [2.45, 2.75) is 0 Å². The minimum Gasteiger partial charge on any atom is -0.497 e. The van der Waals surface area contributed by atoms with E-state index in [1.165, 1.54) is 7.11 Å². The molecule has 31 heavy (non-hydrogen) atoms. The lowest BCUT2D eigenvalue weighted by atomic mass is 10.1. The van der Waals surface area contributed by atoms with Crippen molar-refractivity contribution in [2.24, 2.45) is 0 Å². The highest BCUT2D eigenvalue weighted by atomic mass is 16.5. The summed E-state index contributed by atoms with van der Waals surface area (Å²) in [5, 5.41) is 6.22. The number of carbonyl (C=O) groups is 2. The second-order valence-electron chi connectivity index (χ2n) is 6.67. The average molecular weight is 416 g/mol. The lowest BCUT2D eigenvalue weighted by molar-refractivity contribution is 0.0999. The fourth-order valence-electron chi connectivity index (χ4n) is 3.17. The number of para-hydroxylation sites is 1. The number of benzene rings is 3. The molecule has 0 bridgehead atoms. The number of methoxy groups -OCH3 is 2. The summed E-state index contributed by atoms with van der Waals surface area (Å²) in [4.78, 5) is 25.9. The summed E-state index contributed by atoms with van der Waals surface area (Å²) in [6, 6.07) is 20.8. The molecular weight excluding hydrogens is 396 g/mol. The molecule has 7 nitrogen and oxygen atoms in total. The number of rotatable bonds is 6. The first-order valence-electron chi connectivity index (χ1n) is 9.51. The zero-order valence-electron chi connectivity index (χ0n) is 17.0. The molecule has 0 aliphatic rings. The van der Waals surface area contributed by atoms with Crippen LogP contribution < -0.4 is 20.1 Å². The Morgan fingerprint density at radius 3 is 2.26 bits per heavy atom. The molecule has 0 aliphatic heterocycles. The summed E-state index contributed by atoms with van der Waals surface area (Å²) in [6.07, 6.45) is 0. The summed E-state index contributed by atoms with van der Waals surface area (Å²) in [7, 11) is 3.08. The number of hydrogen-bond acceptors (Lipinski definition) is 5. The van der Waals surface area contributed by atoms with E-state index in [0.29, 0.717) is 39.4 Å². The van der Waals surface area contributed by atoms with Crippen molar-refractivity contribution < 1.29 is 23.5 Å². The maximum Gasteiger partial charge on any atom is 0.293 e. The number of carbonyl (C=O) groups excluding carboxylic acids is 2. The molecule has 0 unspecified atom stereocenters. The van der Waals surface area contributed by atoms with Gasteiger partial charge in [-0.2, -0.15) is 0 Å². The first kappa shape index (κ1) is 20.0. The van der Waals surface area contributed by atoms with E-state index in [4.69, 9.17) is 13.9 Å². The number of amides is 2. The Kier molecular flexibility index (Phi) is 5.57. The van der Waals surface area contributed by atoms with Gasteiger partial charge >= 0.3 is 0 Å². The predicted octanol–water partition coefficient (Wildman–Crippen LogP) is 4.95. The lowest BCUT2D eigenvalue weighted by Gasteiger charge is -2.09. The van der Waals surface area contributed by atoms with Gasteiger partial charge in [-0.25, -0.2) is 0 Å². The second-order valence-corrected chi connectivity index (χ2v) is 6.67. The van der Waals surface area contributed by atoms with Crippen LogP contribution in [0, 0.1) is 0 Å². The third kappa shape index (κ3) is 4.20. The van der Waals surface area contributed by atoms with Gasteiger partial charge in [0.15, 0.2) is 0 Å². The molecule has 0 saturated carbocycles. The van der Waals surface area contributed by atoms with Gasteiger partial charge in [0.1, 0.15) is 22.8 Å². The standard InChI is InChI=1S/C24H20N2O5/c1-29-17-9-5-7-15(13-17)23(27)26-21-19-11-3-4-12-20(19)31-22(21)24(28)25-16-8-6-10-18(14-16)30-2/h3-14H,1-2H3,(H,25,28)(H,26,27). The average Bonchev–Trinajstić information content (AvgIpc) is 3.17. The molecule has 156 valence electrons. The summed E-state index contributed by atoms with van der Waals surface area (Å²) < 4.78 is 16.2. The Balaban J connectivity index is 1.68. The van der Waals surface area contributed by atoms with Crippen LogP contribution in [0.5, 0.6) is 11.5 Å². The maximum atomic E-state index is 13.0. The Morgan fingerprint density at radius 1 is 0.774 bits per heavy atom. The van der Waals surface area contributed by atoms with Gasteiger partial charge in [0, 0.05) is 22.7 Å². The van der Waals surface area contributed by atoms with Crippen molar-refractivity contribution in [1.82, 2.24) is 0 Å². The van der Waals surface area contributed by atoms with E-state index in [2.05, 4.69) is 10.6 Å². The molecule has 1 heterocycles. The topological polar surface area (TPSA) is 89.8 Å². The monoisotopic (exact) mass is 416 g/mol. The van der Waals surface area contributed by atoms with Crippen LogP contribution in [0.3, 0.4) is 0 Å². The number of hydrogen-bond donors (Lipinski definition) is 2. The molecular formula is C24H20N2O5. The van der Waals surface area contributed by atoms with Gasteiger partial charge in [-0.15, -0.1) is 0 Å². The van der Waals surface area contributed by atoms with Crippen molar-refractivity contribution in [3.05, 3.63) is 84.1 Å². The molecule has 4 aromatic rings. The van der Waals surface area contributed by atoms with Crippen LogP contribution >= 0.6 is 0 Å². The van der Waals surface area contributed by atoms with Gasteiger partial charge in [-0.05, 0) is 42.5 Å². The van der Waals surface area contributed by atoms with Crippen LogP contribution in [-0.4, -0.2) is 26.0 Å². The van der Waals surface area contributed by atoms with Crippen molar-refractivity contribution in [2.75, 3.05) is 24.9 Å². The van der Waals surface area contributed by atoms with Gasteiger partial charge in [0.05, 0.1) is 14.2 Å². The molecule has 4 rings (SSSR count). The number of nitrogens with one attached hydrogen (secondary N) is 2. The Hall–Kier alpha value is -4.26. The fraction of sp³-hybridized carbons (Fsp3) is 0.0833. The van der Waals surface area contributed by atoms with E-state index in [-0.39, 0.29) is 11.7 Å². The van der Waals surface area contributed by atoms with Gasteiger partial charge in [0.2, 0.25) is 5.76 Å². The first-order chi connectivity index (χ1) is 15.1. The highest BCUT2D eigenvalue weighted by Gasteiger charge is 2.23. The first-order valence-corrected chi connectivity index (χ1v) is 9.51. The van der Waals surface area contributed by atoms with Crippen molar-refractivity contribution in [3.8, 4) is 11.5 Å². The third-order valence-electron chi connectivity index (χ3n) is 4.70. The normalized spacial score (nSPS) is 10.5. The number of anilines is 2. The highest BCUT2D eigenvalue weighted by Crippen LogP contribution is 2.32. The summed E-state index contributed by atoms with van der Waals surface area (Å²) in [5.41, 5.74) is 1.71. The molecule has 7 heteroatoms. The van der Waals surface area contributed by atoms with E-state index in [0.717, 1.165) is 0 Å². The van der Waals surface area contributed by atoms with Crippen molar-refractivity contribution >= 4 is 34.2 Å². The minimum absolute atomic E-state index is 0.000246. The van der Waals surface area contributed by atoms with Crippen LogP contribution in [0.1, 0.15) is 20.9 Å². The Morgan fingerprint density at radius 2 is 1.48 bits per heavy atom. The third-order valence-corrected chi connectivity index (χ3v) is 4.70. The van der Waals surface area contributed by atoms with Gasteiger partial charge < -0.3 is 24.5 Å². The molecule has 0 saturated heterocycles. The molecule has 0 spiro atoms. The molecule has 0 aliphatic carbocycles. The molecule has 2 N–H and O–H groups in total. The second kappa shape index (κ2) is 8.62. The lowest BCUT2D eigenvalue weighted by Crippen LogP contribution is -2.17. The predicted molar refractivity (Wildman–Crippen MR) is 118 cm³/mol. The van der Waals surface area contributed by atoms with Crippen molar-refractivity contribution in [3.63, 3.8) is 0 Å². The van der Waals surface area contributed by atoms with Gasteiger partial charge in [-0.3, -0.25) is 9.59 Å². The SMILES string of the molecule is COc1cccc(NC(=O)c2oc3ccccc3c2NC(=O)c2cccc(OC)c2)c1. The quantitative estimate of drug-likeness (QED) is 0.464. The zero-order valence-corrected chi connectivity index (χ0v) is 17.0. The Labute approximate surface area is 178 Å².